The maximum Gasteiger partial charge on any atom is 0.326 e. The van der Waals surface area contributed by atoms with E-state index in [1.807, 2.05) is 6.07 Å². The fraction of sp³-hybridized carbons (Fsp3) is 0.333. The van der Waals surface area contributed by atoms with Gasteiger partial charge in [-0.3, -0.25) is 24.0 Å². The molecule has 0 fully saturated rings. The molecule has 2 rings (SSSR count). The van der Waals surface area contributed by atoms with Crippen molar-refractivity contribution in [1.82, 2.24) is 16.0 Å². The molecule has 0 heterocycles. The van der Waals surface area contributed by atoms with E-state index in [2.05, 4.69) is 16.0 Å². The summed E-state index contributed by atoms with van der Waals surface area (Å²) in [4.78, 5) is 73.4. The van der Waals surface area contributed by atoms with E-state index in [4.69, 9.17) is 17.2 Å². The third-order valence-electron chi connectivity index (χ3n) is 5.88. The van der Waals surface area contributed by atoms with Crippen LogP contribution < -0.4 is 33.2 Å². The van der Waals surface area contributed by atoms with Gasteiger partial charge in [0, 0.05) is 12.8 Å². The average Bonchev–Trinajstić information content (AvgIpc) is 2.90. The van der Waals surface area contributed by atoms with Crippen LogP contribution in [0.15, 0.2) is 60.7 Å². The quantitative estimate of drug-likeness (QED) is 0.128. The molecule has 13 heteroatoms. The number of carboxylic acids is 1. The molecule has 0 saturated heterocycles. The summed E-state index contributed by atoms with van der Waals surface area (Å²) in [5, 5.41) is 16.6. The molecule has 0 bridgehead atoms. The molecule has 0 aliphatic carbocycles. The standard InChI is InChI=1S/C27H34N6O7/c28-18(13-16-7-3-1-4-8-16)24(36)31-19(11-12-22(29)34)25(37)32-20(14-17-9-5-2-6-10-17)26(38)33-21(27(39)40)15-23(30)35/h1-10,18-21H,11-15,28H2,(H2,29,34)(H2,30,35)(H,31,36)(H,32,37)(H,33,38)(H,39,40). The Morgan fingerprint density at radius 3 is 1.62 bits per heavy atom. The Morgan fingerprint density at radius 2 is 1.12 bits per heavy atom. The molecule has 0 aliphatic rings. The lowest BCUT2D eigenvalue weighted by Crippen LogP contribution is -2.58. The van der Waals surface area contributed by atoms with E-state index < -0.39 is 66.1 Å². The first kappa shape index (κ1) is 31.4. The Labute approximate surface area is 230 Å². The van der Waals surface area contributed by atoms with Crippen LogP contribution in [0.1, 0.15) is 30.4 Å². The van der Waals surface area contributed by atoms with E-state index >= 15 is 0 Å². The predicted octanol–water partition coefficient (Wildman–Crippen LogP) is -1.52. The summed E-state index contributed by atoms with van der Waals surface area (Å²) in [5.41, 5.74) is 17.8. The van der Waals surface area contributed by atoms with E-state index in [9.17, 15) is 33.9 Å². The summed E-state index contributed by atoms with van der Waals surface area (Å²) in [6.45, 7) is 0. The molecule has 13 nitrogen and oxygen atoms in total. The lowest BCUT2D eigenvalue weighted by molar-refractivity contribution is -0.143. The van der Waals surface area contributed by atoms with Crippen LogP contribution in [0.4, 0.5) is 0 Å². The van der Waals surface area contributed by atoms with Crippen molar-refractivity contribution in [2.24, 2.45) is 17.2 Å². The first-order valence-electron chi connectivity index (χ1n) is 12.5. The zero-order valence-corrected chi connectivity index (χ0v) is 21.7. The van der Waals surface area contributed by atoms with Gasteiger partial charge in [0.05, 0.1) is 12.5 Å². The number of benzene rings is 2. The first-order valence-corrected chi connectivity index (χ1v) is 12.5. The molecule has 10 N–H and O–H groups in total. The number of amides is 5. The van der Waals surface area contributed by atoms with Crippen molar-refractivity contribution in [3.05, 3.63) is 71.8 Å². The van der Waals surface area contributed by atoms with Crippen LogP contribution in [0.25, 0.3) is 0 Å². The Morgan fingerprint density at radius 1 is 0.650 bits per heavy atom. The van der Waals surface area contributed by atoms with Gasteiger partial charge in [0.15, 0.2) is 0 Å². The normalized spacial score (nSPS) is 13.6. The molecule has 4 atom stereocenters. The van der Waals surface area contributed by atoms with Crippen LogP contribution >= 0.6 is 0 Å². The molecule has 2 aromatic rings. The van der Waals surface area contributed by atoms with E-state index in [0.29, 0.717) is 5.56 Å². The van der Waals surface area contributed by atoms with Gasteiger partial charge >= 0.3 is 5.97 Å². The second kappa shape index (κ2) is 15.6. The van der Waals surface area contributed by atoms with Gasteiger partial charge in [-0.1, -0.05) is 60.7 Å². The van der Waals surface area contributed by atoms with Crippen molar-refractivity contribution in [3.8, 4) is 0 Å². The van der Waals surface area contributed by atoms with Crippen LogP contribution in [-0.2, 0) is 41.6 Å². The van der Waals surface area contributed by atoms with Gasteiger partial charge < -0.3 is 38.3 Å². The highest BCUT2D eigenvalue weighted by Crippen LogP contribution is 2.08. The number of carboxylic acid groups (broad SMARTS) is 1. The molecule has 214 valence electrons. The number of hydrogen-bond acceptors (Lipinski definition) is 7. The van der Waals surface area contributed by atoms with Crippen molar-refractivity contribution in [1.29, 1.82) is 0 Å². The van der Waals surface area contributed by atoms with Crippen LogP contribution in [0.5, 0.6) is 0 Å². The monoisotopic (exact) mass is 554 g/mol. The smallest absolute Gasteiger partial charge is 0.326 e. The summed E-state index contributed by atoms with van der Waals surface area (Å²) in [5.74, 6) is -5.53. The van der Waals surface area contributed by atoms with E-state index in [0.717, 1.165) is 5.56 Å². The third kappa shape index (κ3) is 10.9. The van der Waals surface area contributed by atoms with E-state index in [1.54, 1.807) is 54.6 Å². The zero-order valence-electron chi connectivity index (χ0n) is 21.7. The molecular weight excluding hydrogens is 520 g/mol. The predicted molar refractivity (Wildman–Crippen MR) is 144 cm³/mol. The lowest BCUT2D eigenvalue weighted by atomic mass is 10.0. The fourth-order valence-corrected chi connectivity index (χ4v) is 3.80. The second-order valence-corrected chi connectivity index (χ2v) is 9.18. The number of rotatable bonds is 16. The van der Waals surface area contributed by atoms with Gasteiger partial charge in [-0.25, -0.2) is 4.79 Å². The van der Waals surface area contributed by atoms with Crippen LogP contribution in [0.3, 0.4) is 0 Å². The summed E-state index contributed by atoms with van der Waals surface area (Å²) >= 11 is 0. The molecule has 4 unspecified atom stereocenters. The van der Waals surface area contributed by atoms with Crippen molar-refractivity contribution < 1.29 is 33.9 Å². The minimum absolute atomic E-state index is 0.0503. The topological polar surface area (TPSA) is 237 Å². The van der Waals surface area contributed by atoms with Crippen molar-refractivity contribution in [2.75, 3.05) is 0 Å². The lowest BCUT2D eigenvalue weighted by Gasteiger charge is -2.25. The maximum absolute atomic E-state index is 13.3. The minimum Gasteiger partial charge on any atom is -0.480 e. The number of carbonyl (C=O) groups excluding carboxylic acids is 5. The van der Waals surface area contributed by atoms with Crippen molar-refractivity contribution in [2.45, 2.75) is 56.3 Å². The molecule has 0 spiro atoms. The average molecular weight is 555 g/mol. The highest BCUT2D eigenvalue weighted by molar-refractivity contribution is 5.95. The minimum atomic E-state index is -1.62. The highest BCUT2D eigenvalue weighted by atomic mass is 16.4. The fourth-order valence-electron chi connectivity index (χ4n) is 3.80. The van der Waals surface area contributed by atoms with Crippen LogP contribution in [0.2, 0.25) is 0 Å². The van der Waals surface area contributed by atoms with Gasteiger partial charge in [0.25, 0.3) is 0 Å². The Kier molecular flexibility index (Phi) is 12.3. The number of aliphatic carboxylic acids is 1. The molecule has 2 aromatic carbocycles. The number of nitrogens with one attached hydrogen (secondary N) is 3. The maximum atomic E-state index is 13.3. The molecule has 0 saturated carbocycles. The van der Waals surface area contributed by atoms with E-state index in [1.165, 1.54) is 0 Å². The Hall–Kier alpha value is -4.78. The summed E-state index contributed by atoms with van der Waals surface area (Å²) in [6.07, 6.45) is -0.951. The van der Waals surface area contributed by atoms with Crippen molar-refractivity contribution >= 4 is 35.5 Å². The largest absolute Gasteiger partial charge is 0.480 e. The molecule has 0 radical (unpaired) electrons. The van der Waals surface area contributed by atoms with Gasteiger partial charge in [0.1, 0.15) is 18.1 Å². The first-order chi connectivity index (χ1) is 19.0. The Balaban J connectivity index is 2.22. The summed E-state index contributed by atoms with van der Waals surface area (Å²) < 4.78 is 0. The van der Waals surface area contributed by atoms with Crippen molar-refractivity contribution in [3.63, 3.8) is 0 Å². The van der Waals surface area contributed by atoms with Gasteiger partial charge in [-0.05, 0) is 24.0 Å². The number of carbonyl (C=O) groups is 6. The number of hydrogen-bond donors (Lipinski definition) is 7. The molecule has 40 heavy (non-hydrogen) atoms. The number of primary amides is 2. The number of nitrogens with two attached hydrogens (primary N) is 3. The van der Waals surface area contributed by atoms with Gasteiger partial charge in [-0.2, -0.15) is 0 Å². The molecule has 0 aliphatic heterocycles. The zero-order chi connectivity index (χ0) is 29.7. The Bertz CT molecular complexity index is 1190. The van der Waals surface area contributed by atoms with Crippen LogP contribution in [0, 0.1) is 0 Å². The molecule has 5 amide bonds. The second-order valence-electron chi connectivity index (χ2n) is 9.18. The van der Waals surface area contributed by atoms with Crippen LogP contribution in [-0.4, -0.2) is 64.8 Å². The third-order valence-corrected chi connectivity index (χ3v) is 5.88. The van der Waals surface area contributed by atoms with Gasteiger partial charge in [-0.15, -0.1) is 0 Å². The van der Waals surface area contributed by atoms with E-state index in [-0.39, 0.29) is 25.7 Å². The summed E-state index contributed by atoms with van der Waals surface area (Å²) in [6, 6.07) is 12.3. The summed E-state index contributed by atoms with van der Waals surface area (Å²) in [7, 11) is 0. The highest BCUT2D eigenvalue weighted by Gasteiger charge is 2.31. The molecular formula is C27H34N6O7. The molecule has 0 aromatic heterocycles. The van der Waals surface area contributed by atoms with Gasteiger partial charge in [0.2, 0.25) is 29.5 Å². The SMILES string of the molecule is NC(=O)CCC(NC(=O)C(N)Cc1ccccc1)C(=O)NC(Cc1ccccc1)C(=O)NC(CC(N)=O)C(=O)O.